The van der Waals surface area contributed by atoms with Crippen LogP contribution in [0.3, 0.4) is 0 Å². The van der Waals surface area contributed by atoms with Crippen molar-refractivity contribution < 1.29 is 14.3 Å². The van der Waals surface area contributed by atoms with Crippen molar-refractivity contribution in [2.24, 2.45) is 10.9 Å². The fourth-order valence-electron chi connectivity index (χ4n) is 3.20. The molecule has 2 N–H and O–H groups in total. The summed E-state index contributed by atoms with van der Waals surface area (Å²) in [5.41, 5.74) is -0.500. The highest BCUT2D eigenvalue weighted by Gasteiger charge is 2.25. The molecule has 1 aliphatic heterocycles. The second-order valence-electron chi connectivity index (χ2n) is 8.86. The van der Waals surface area contributed by atoms with Crippen LogP contribution in [0, 0.1) is 5.92 Å². The van der Waals surface area contributed by atoms with Gasteiger partial charge in [0.15, 0.2) is 5.96 Å². The minimum absolute atomic E-state index is 0.0463. The van der Waals surface area contributed by atoms with E-state index in [2.05, 4.69) is 15.6 Å². The first-order valence-electron chi connectivity index (χ1n) is 10.8. The van der Waals surface area contributed by atoms with Gasteiger partial charge in [-0.3, -0.25) is 9.79 Å². The average Bonchev–Trinajstić information content (AvgIpc) is 2.64. The third-order valence-electron chi connectivity index (χ3n) is 4.68. The zero-order valence-corrected chi connectivity index (χ0v) is 19.4. The van der Waals surface area contributed by atoms with Crippen molar-refractivity contribution in [2.45, 2.75) is 72.4 Å². The van der Waals surface area contributed by atoms with Gasteiger partial charge in [0.25, 0.3) is 0 Å². The minimum Gasteiger partial charge on any atom is -0.444 e. The lowest BCUT2D eigenvalue weighted by Gasteiger charge is -2.34. The van der Waals surface area contributed by atoms with E-state index in [9.17, 15) is 9.59 Å². The monoisotopic (exact) mass is 411 g/mol. The van der Waals surface area contributed by atoms with Gasteiger partial charge in [0.2, 0.25) is 5.91 Å². The van der Waals surface area contributed by atoms with Crippen LogP contribution in [0.1, 0.15) is 60.8 Å². The number of likely N-dealkylation sites (tertiary alicyclic amines) is 1. The molecule has 0 aromatic carbocycles. The molecular weight excluding hydrogens is 370 g/mol. The van der Waals surface area contributed by atoms with E-state index < -0.39 is 5.60 Å². The topological polar surface area (TPSA) is 86.3 Å². The van der Waals surface area contributed by atoms with E-state index in [0.717, 1.165) is 38.3 Å². The Hall–Kier alpha value is -1.99. The van der Waals surface area contributed by atoms with E-state index in [1.165, 1.54) is 0 Å². The van der Waals surface area contributed by atoms with Crippen molar-refractivity contribution in [2.75, 3.05) is 39.8 Å². The van der Waals surface area contributed by atoms with E-state index in [1.807, 2.05) is 46.4 Å². The molecule has 0 aromatic rings. The van der Waals surface area contributed by atoms with E-state index in [1.54, 1.807) is 11.9 Å². The van der Waals surface area contributed by atoms with Gasteiger partial charge in [0.1, 0.15) is 5.60 Å². The molecule has 8 nitrogen and oxygen atoms in total. The molecule has 29 heavy (non-hydrogen) atoms. The Morgan fingerprint density at radius 1 is 1.21 bits per heavy atom. The molecule has 0 atom stereocenters. The van der Waals surface area contributed by atoms with Gasteiger partial charge in [-0.05, 0) is 40.0 Å². The van der Waals surface area contributed by atoms with Gasteiger partial charge in [-0.1, -0.05) is 20.8 Å². The summed E-state index contributed by atoms with van der Waals surface area (Å²) in [6.07, 6.45) is 2.39. The summed E-state index contributed by atoms with van der Waals surface area (Å²) in [5, 5.41) is 6.72. The SMILES string of the molecule is CCCN(CCNC(=NC)NC1CCN(C(=O)C(C)C)CC1)C(=O)OC(C)(C)C. The molecule has 0 aromatic heterocycles. The first kappa shape index (κ1) is 25.0. The van der Waals surface area contributed by atoms with Crippen LogP contribution in [0.5, 0.6) is 0 Å². The van der Waals surface area contributed by atoms with Crippen LogP contribution in [0.15, 0.2) is 4.99 Å². The van der Waals surface area contributed by atoms with Crippen molar-refractivity contribution in [1.29, 1.82) is 0 Å². The lowest BCUT2D eigenvalue weighted by molar-refractivity contribution is -0.135. The summed E-state index contributed by atoms with van der Waals surface area (Å²) in [6, 6.07) is 0.287. The van der Waals surface area contributed by atoms with Gasteiger partial charge in [0, 0.05) is 51.7 Å². The molecule has 0 unspecified atom stereocenters. The molecule has 0 radical (unpaired) electrons. The third-order valence-corrected chi connectivity index (χ3v) is 4.68. The van der Waals surface area contributed by atoms with Gasteiger partial charge in [-0.2, -0.15) is 0 Å². The third kappa shape index (κ3) is 9.37. The second-order valence-corrected chi connectivity index (χ2v) is 8.86. The van der Waals surface area contributed by atoms with Crippen molar-refractivity contribution in [3.05, 3.63) is 0 Å². The first-order valence-corrected chi connectivity index (χ1v) is 10.8. The van der Waals surface area contributed by atoms with Crippen LogP contribution in [-0.4, -0.2) is 79.2 Å². The summed E-state index contributed by atoms with van der Waals surface area (Å²) in [5.74, 6) is 0.994. The zero-order chi connectivity index (χ0) is 22.0. The molecule has 0 saturated carbocycles. The van der Waals surface area contributed by atoms with E-state index in [4.69, 9.17) is 4.74 Å². The maximum Gasteiger partial charge on any atom is 0.410 e. The molecule has 1 fully saturated rings. The van der Waals surface area contributed by atoms with E-state index >= 15 is 0 Å². The Morgan fingerprint density at radius 3 is 2.31 bits per heavy atom. The molecule has 1 heterocycles. The maximum absolute atomic E-state index is 12.3. The Labute approximate surface area is 176 Å². The Morgan fingerprint density at radius 2 is 1.83 bits per heavy atom. The Balaban J connectivity index is 2.44. The molecule has 0 bridgehead atoms. The highest BCUT2D eigenvalue weighted by molar-refractivity contribution is 5.80. The lowest BCUT2D eigenvalue weighted by Crippen LogP contribution is -2.51. The number of hydrogen-bond donors (Lipinski definition) is 2. The van der Waals surface area contributed by atoms with Gasteiger partial charge >= 0.3 is 6.09 Å². The van der Waals surface area contributed by atoms with Gasteiger partial charge < -0.3 is 25.2 Å². The van der Waals surface area contributed by atoms with Crippen LogP contribution in [-0.2, 0) is 9.53 Å². The highest BCUT2D eigenvalue weighted by Crippen LogP contribution is 2.13. The zero-order valence-electron chi connectivity index (χ0n) is 19.4. The van der Waals surface area contributed by atoms with Crippen LogP contribution in [0.25, 0.3) is 0 Å². The van der Waals surface area contributed by atoms with Gasteiger partial charge in [0.05, 0.1) is 0 Å². The molecule has 8 heteroatoms. The minimum atomic E-state index is -0.500. The number of nitrogens with one attached hydrogen (secondary N) is 2. The number of aliphatic imine (C=N–C) groups is 1. The van der Waals surface area contributed by atoms with Crippen LogP contribution in [0.4, 0.5) is 4.79 Å². The number of guanidine groups is 1. The number of hydrogen-bond acceptors (Lipinski definition) is 4. The summed E-state index contributed by atoms with van der Waals surface area (Å²) < 4.78 is 5.49. The summed E-state index contributed by atoms with van der Waals surface area (Å²) in [4.78, 5) is 32.4. The van der Waals surface area contributed by atoms with Crippen molar-refractivity contribution in [3.63, 3.8) is 0 Å². The summed E-state index contributed by atoms with van der Waals surface area (Å²) >= 11 is 0. The quantitative estimate of drug-likeness (QED) is 0.496. The standard InChI is InChI=1S/C21H41N5O3/c1-8-12-26(20(28)29-21(4,5)6)15-11-23-19(22-7)24-17-9-13-25(14-10-17)18(27)16(2)3/h16-17H,8-15H2,1-7H3,(H2,22,23,24). The number of carbonyl (C=O) groups excluding carboxylic acids is 2. The summed E-state index contributed by atoms with van der Waals surface area (Å²) in [6.45, 7) is 14.9. The lowest BCUT2D eigenvalue weighted by atomic mass is 10.0. The number of ether oxygens (including phenoxy) is 1. The number of amides is 2. The largest absolute Gasteiger partial charge is 0.444 e. The van der Waals surface area contributed by atoms with Crippen molar-refractivity contribution in [3.8, 4) is 0 Å². The van der Waals surface area contributed by atoms with Crippen molar-refractivity contribution >= 4 is 18.0 Å². The summed E-state index contributed by atoms with van der Waals surface area (Å²) in [7, 11) is 1.74. The molecule has 0 spiro atoms. The van der Waals surface area contributed by atoms with Crippen LogP contribution < -0.4 is 10.6 Å². The highest BCUT2D eigenvalue weighted by atomic mass is 16.6. The Kier molecular flexibility index (Phi) is 10.3. The maximum atomic E-state index is 12.3. The number of carbonyl (C=O) groups is 2. The molecule has 2 amide bonds. The van der Waals surface area contributed by atoms with Crippen molar-refractivity contribution in [1.82, 2.24) is 20.4 Å². The van der Waals surface area contributed by atoms with Gasteiger partial charge in [-0.25, -0.2) is 4.79 Å². The normalized spacial score (nSPS) is 16.0. The predicted molar refractivity (Wildman–Crippen MR) is 117 cm³/mol. The van der Waals surface area contributed by atoms with Crippen LogP contribution >= 0.6 is 0 Å². The number of nitrogens with zero attached hydrogens (tertiary/aromatic N) is 3. The van der Waals surface area contributed by atoms with E-state index in [0.29, 0.717) is 19.6 Å². The first-order chi connectivity index (χ1) is 13.6. The second kappa shape index (κ2) is 11.9. The Bertz CT molecular complexity index is 549. The molecule has 168 valence electrons. The molecule has 1 aliphatic rings. The van der Waals surface area contributed by atoms with Crippen LogP contribution in [0.2, 0.25) is 0 Å². The number of piperidine rings is 1. The molecule has 1 rings (SSSR count). The average molecular weight is 412 g/mol. The molecule has 0 aliphatic carbocycles. The van der Waals surface area contributed by atoms with E-state index in [-0.39, 0.29) is 24.0 Å². The number of rotatable bonds is 7. The predicted octanol–water partition coefficient (Wildman–Crippen LogP) is 2.45. The fourth-order valence-corrected chi connectivity index (χ4v) is 3.20. The fraction of sp³-hybridized carbons (Fsp3) is 0.857. The molecular formula is C21H41N5O3. The molecule has 1 saturated heterocycles. The van der Waals surface area contributed by atoms with Gasteiger partial charge in [-0.15, -0.1) is 0 Å². The smallest absolute Gasteiger partial charge is 0.410 e.